The molecule has 1 aliphatic heterocycles. The van der Waals surface area contributed by atoms with Gasteiger partial charge in [0.2, 0.25) is 11.8 Å². The van der Waals surface area contributed by atoms with E-state index in [4.69, 9.17) is 9.47 Å². The fourth-order valence-corrected chi connectivity index (χ4v) is 6.27. The number of benzene rings is 1. The summed E-state index contributed by atoms with van der Waals surface area (Å²) in [6, 6.07) is 4.47. The summed E-state index contributed by atoms with van der Waals surface area (Å²) in [7, 11) is 1.19. The van der Waals surface area contributed by atoms with Gasteiger partial charge in [-0.1, -0.05) is 24.3 Å². The van der Waals surface area contributed by atoms with Crippen LogP contribution in [0.1, 0.15) is 58.7 Å². The molecule has 13 heteroatoms. The first-order valence-electron chi connectivity index (χ1n) is 13.7. The fraction of sp³-hybridized carbons (Fsp3) is 0.621. The maximum Gasteiger partial charge on any atom is 0.408 e. The number of methoxy groups -OCH3 is 1. The molecule has 4 N–H and O–H groups in total. The second-order valence-corrected chi connectivity index (χ2v) is 14.1. The smallest absolute Gasteiger partial charge is 0.408 e. The maximum atomic E-state index is 14.0. The van der Waals surface area contributed by atoms with Gasteiger partial charge in [0.15, 0.2) is 5.78 Å². The molecule has 0 bridgehead atoms. The van der Waals surface area contributed by atoms with Crippen LogP contribution in [0.5, 0.6) is 0 Å². The minimum Gasteiger partial charge on any atom is -0.467 e. The Kier molecular flexibility index (Phi) is 13.2. The molecule has 1 heterocycles. The van der Waals surface area contributed by atoms with Gasteiger partial charge >= 0.3 is 12.1 Å². The van der Waals surface area contributed by atoms with Crippen molar-refractivity contribution in [3.63, 3.8) is 0 Å². The van der Waals surface area contributed by atoms with Crippen molar-refractivity contribution < 1.29 is 33.4 Å². The van der Waals surface area contributed by atoms with Crippen molar-refractivity contribution in [1.82, 2.24) is 21.3 Å². The zero-order valence-electron chi connectivity index (χ0n) is 25.6. The number of alkyl carbamates (subject to hydrolysis) is 1. The number of nitrogens with one attached hydrogen (secondary N) is 4. The highest BCUT2D eigenvalue weighted by molar-refractivity contribution is 8.00. The molecule has 4 atom stereocenters. The number of amides is 3. The van der Waals surface area contributed by atoms with Gasteiger partial charge in [0, 0.05) is 24.0 Å². The van der Waals surface area contributed by atoms with Gasteiger partial charge in [0.05, 0.1) is 24.9 Å². The highest BCUT2D eigenvalue weighted by Crippen LogP contribution is 2.30. The second-order valence-electron chi connectivity index (χ2n) is 11.5. The van der Waals surface area contributed by atoms with E-state index in [9.17, 15) is 24.0 Å². The normalized spacial score (nSPS) is 17.1. The van der Waals surface area contributed by atoms with E-state index in [1.807, 2.05) is 30.5 Å². The number of ether oxygens (including phenoxy) is 2. The molecule has 1 aromatic carbocycles. The Hall–Kier alpha value is -2.77. The van der Waals surface area contributed by atoms with Crippen molar-refractivity contribution >= 4 is 53.2 Å². The number of hydrogen-bond acceptors (Lipinski definition) is 10. The lowest BCUT2D eigenvalue weighted by Gasteiger charge is -2.36. The average Bonchev–Trinajstić information content (AvgIpc) is 2.91. The topological polar surface area (TPSA) is 152 Å². The van der Waals surface area contributed by atoms with Crippen LogP contribution in [0.4, 0.5) is 4.79 Å². The molecule has 0 saturated heterocycles. The standard InChI is InChI=1S/C29H44N4O7S2/c1-17(34)31-16-42-29(5,6)24(33-27(38)40-28(2,3)4)25(36)32-22(26(37)39-7)20(15-41-8)23(35)21-19-12-10-9-11-18(19)13-14-30-21/h9-12,20-22,24,30H,13-16H2,1-8H3,(H,31,34)(H,32,36)(H,33,38)/t20-,21?,22-,24+/m0/s1. The van der Waals surface area contributed by atoms with Gasteiger partial charge in [0.1, 0.15) is 17.7 Å². The van der Waals surface area contributed by atoms with E-state index in [1.165, 1.54) is 37.6 Å². The Labute approximate surface area is 256 Å². The average molecular weight is 625 g/mol. The quantitative estimate of drug-likeness (QED) is 0.190. The number of Topliss-reactive ketones (excluding diaryl/α,β-unsaturated/α-hetero) is 1. The number of carbonyl (C=O) groups excluding carboxylic acids is 5. The molecule has 2 rings (SSSR count). The molecule has 0 saturated carbocycles. The zero-order chi connectivity index (χ0) is 31.7. The lowest BCUT2D eigenvalue weighted by atomic mass is 9.84. The Morgan fingerprint density at radius 3 is 2.33 bits per heavy atom. The van der Waals surface area contributed by atoms with Crippen LogP contribution in [-0.2, 0) is 35.1 Å². The Bertz CT molecular complexity index is 1140. The summed E-state index contributed by atoms with van der Waals surface area (Å²) in [4.78, 5) is 65.3. The third-order valence-electron chi connectivity index (χ3n) is 6.64. The van der Waals surface area contributed by atoms with Gasteiger partial charge in [-0.05, 0) is 58.4 Å². The molecule has 0 aromatic heterocycles. The number of thioether (sulfide) groups is 2. The molecule has 0 fully saturated rings. The van der Waals surface area contributed by atoms with Gasteiger partial charge < -0.3 is 30.7 Å². The minimum absolute atomic E-state index is 0.170. The van der Waals surface area contributed by atoms with Gasteiger partial charge in [-0.3, -0.25) is 14.4 Å². The summed E-state index contributed by atoms with van der Waals surface area (Å²) < 4.78 is 9.47. The van der Waals surface area contributed by atoms with E-state index in [0.717, 1.165) is 17.5 Å². The Morgan fingerprint density at radius 1 is 1.07 bits per heavy atom. The van der Waals surface area contributed by atoms with E-state index in [0.29, 0.717) is 6.54 Å². The highest BCUT2D eigenvalue weighted by Gasteiger charge is 2.44. The van der Waals surface area contributed by atoms with Crippen LogP contribution in [0.15, 0.2) is 24.3 Å². The first-order valence-corrected chi connectivity index (χ1v) is 16.1. The van der Waals surface area contributed by atoms with Crippen LogP contribution in [0.2, 0.25) is 0 Å². The predicted molar refractivity (Wildman–Crippen MR) is 165 cm³/mol. The molecular weight excluding hydrogens is 580 g/mol. The van der Waals surface area contributed by atoms with Crippen LogP contribution < -0.4 is 21.3 Å². The van der Waals surface area contributed by atoms with Crippen LogP contribution in [0.25, 0.3) is 0 Å². The SMILES string of the molecule is COC(=O)[C@@H](NC(=O)[C@@H](NC(=O)OC(C)(C)C)C(C)(C)SCNC(C)=O)[C@H](CSC)C(=O)C1NCCc2ccccc21. The van der Waals surface area contributed by atoms with Crippen molar-refractivity contribution in [1.29, 1.82) is 0 Å². The van der Waals surface area contributed by atoms with E-state index >= 15 is 0 Å². The van der Waals surface area contributed by atoms with Crippen LogP contribution >= 0.6 is 23.5 Å². The molecule has 1 unspecified atom stereocenters. The molecule has 3 amide bonds. The van der Waals surface area contributed by atoms with E-state index < -0.39 is 52.4 Å². The lowest BCUT2D eigenvalue weighted by molar-refractivity contribution is -0.149. The van der Waals surface area contributed by atoms with Crippen molar-refractivity contribution in [2.45, 2.75) is 76.4 Å². The third-order valence-corrected chi connectivity index (χ3v) is 8.60. The van der Waals surface area contributed by atoms with Crippen molar-refractivity contribution in [2.24, 2.45) is 5.92 Å². The van der Waals surface area contributed by atoms with E-state index in [2.05, 4.69) is 21.3 Å². The lowest BCUT2D eigenvalue weighted by Crippen LogP contribution is -2.61. The van der Waals surface area contributed by atoms with Crippen LogP contribution in [0, 0.1) is 5.92 Å². The first-order chi connectivity index (χ1) is 19.6. The summed E-state index contributed by atoms with van der Waals surface area (Å²) >= 11 is 2.59. The molecule has 234 valence electrons. The molecule has 11 nitrogen and oxygen atoms in total. The molecular formula is C29H44N4O7S2. The summed E-state index contributed by atoms with van der Waals surface area (Å²) in [5.74, 6) is -2.50. The first kappa shape index (κ1) is 35.4. The third kappa shape index (κ3) is 10.2. The highest BCUT2D eigenvalue weighted by atomic mass is 32.2. The van der Waals surface area contributed by atoms with Crippen molar-refractivity contribution in [3.05, 3.63) is 35.4 Å². The molecule has 0 aliphatic carbocycles. The van der Waals surface area contributed by atoms with Crippen molar-refractivity contribution in [3.8, 4) is 0 Å². The van der Waals surface area contributed by atoms with Gasteiger partial charge in [-0.25, -0.2) is 9.59 Å². The molecule has 1 aliphatic rings. The zero-order valence-corrected chi connectivity index (χ0v) is 27.3. The molecule has 0 spiro atoms. The Balaban J connectivity index is 2.42. The van der Waals surface area contributed by atoms with Gasteiger partial charge in [-0.2, -0.15) is 11.8 Å². The van der Waals surface area contributed by atoms with Gasteiger partial charge in [0.25, 0.3) is 0 Å². The molecule has 0 radical (unpaired) electrons. The largest absolute Gasteiger partial charge is 0.467 e. The van der Waals surface area contributed by atoms with Crippen molar-refractivity contribution in [2.75, 3.05) is 31.5 Å². The summed E-state index contributed by atoms with van der Waals surface area (Å²) in [5, 5.41) is 11.3. The molecule has 1 aromatic rings. The maximum absolute atomic E-state index is 14.0. The van der Waals surface area contributed by atoms with Gasteiger partial charge in [-0.15, -0.1) is 11.8 Å². The summed E-state index contributed by atoms with van der Waals surface area (Å²) in [6.07, 6.45) is 1.76. The molecule has 42 heavy (non-hydrogen) atoms. The van der Waals surface area contributed by atoms with Crippen LogP contribution in [-0.4, -0.2) is 83.6 Å². The fourth-order valence-electron chi connectivity index (χ4n) is 4.57. The number of esters is 1. The monoisotopic (exact) mass is 624 g/mol. The van der Waals surface area contributed by atoms with E-state index in [1.54, 1.807) is 34.6 Å². The summed E-state index contributed by atoms with van der Waals surface area (Å²) in [6.45, 7) is 10.5. The Morgan fingerprint density at radius 2 is 1.74 bits per heavy atom. The van der Waals surface area contributed by atoms with Crippen LogP contribution in [0.3, 0.4) is 0 Å². The number of fused-ring (bicyclic) bond motifs is 1. The predicted octanol–water partition coefficient (Wildman–Crippen LogP) is 2.58. The number of hydrogen-bond donors (Lipinski definition) is 4. The van der Waals surface area contributed by atoms with E-state index in [-0.39, 0.29) is 23.3 Å². The number of ketones is 1. The summed E-state index contributed by atoms with van der Waals surface area (Å²) in [5.41, 5.74) is 1.07. The number of carbonyl (C=O) groups is 5. The second kappa shape index (κ2) is 15.6. The minimum atomic E-state index is -1.32. The number of rotatable bonds is 13.